The fourth-order valence-electron chi connectivity index (χ4n) is 2.03. The van der Waals surface area contributed by atoms with Crippen molar-refractivity contribution >= 4 is 28.0 Å². The van der Waals surface area contributed by atoms with E-state index in [4.69, 9.17) is 4.74 Å². The van der Waals surface area contributed by atoms with Gasteiger partial charge in [-0.15, -0.1) is 0 Å². The molecule has 0 spiro atoms. The van der Waals surface area contributed by atoms with Crippen LogP contribution < -0.4 is 4.74 Å². The number of pyridine rings is 1. The molecule has 0 saturated heterocycles. The molecular weight excluding hydrogens is 330 g/mol. The summed E-state index contributed by atoms with van der Waals surface area (Å²) in [4.78, 5) is 11.0. The largest absolute Gasteiger partial charge is 0.477 e. The van der Waals surface area contributed by atoms with Crippen LogP contribution in [0.1, 0.15) is 25.5 Å². The lowest BCUT2D eigenvalue weighted by atomic mass is 10.1. The van der Waals surface area contributed by atoms with Gasteiger partial charge >= 0.3 is 0 Å². The molecule has 0 unspecified atom stereocenters. The van der Waals surface area contributed by atoms with Crippen molar-refractivity contribution in [1.29, 1.82) is 0 Å². The maximum absolute atomic E-state index is 5.84. The Bertz CT molecular complexity index is 535. The van der Waals surface area contributed by atoms with Crippen molar-refractivity contribution in [2.24, 2.45) is 10.9 Å². The Morgan fingerprint density at radius 1 is 1.48 bits per heavy atom. The Kier molecular flexibility index (Phi) is 5.79. The van der Waals surface area contributed by atoms with Gasteiger partial charge in [0.2, 0.25) is 5.88 Å². The van der Waals surface area contributed by atoms with Crippen LogP contribution >= 0.6 is 15.9 Å². The lowest BCUT2D eigenvalue weighted by Crippen LogP contribution is -2.14. The average Bonchev–Trinajstić information content (AvgIpc) is 2.99. The van der Waals surface area contributed by atoms with Crippen molar-refractivity contribution in [3.8, 4) is 5.88 Å². The molecule has 0 N–H and O–H groups in total. The number of rotatable bonds is 6. The molecule has 1 aromatic heterocycles. The zero-order chi connectivity index (χ0) is 15.2. The molecule has 0 aliphatic heterocycles. The number of aromatic nitrogens is 1. The molecule has 4 nitrogen and oxygen atoms in total. The van der Waals surface area contributed by atoms with Crippen molar-refractivity contribution < 1.29 is 4.74 Å². The van der Waals surface area contributed by atoms with Crippen molar-refractivity contribution in [1.82, 2.24) is 9.88 Å². The normalized spacial score (nSPS) is 15.0. The molecule has 21 heavy (non-hydrogen) atoms. The number of aliphatic imine (C=N–C) groups is 1. The van der Waals surface area contributed by atoms with E-state index in [0.717, 1.165) is 35.2 Å². The lowest BCUT2D eigenvalue weighted by molar-refractivity contribution is 0.245. The van der Waals surface area contributed by atoms with Gasteiger partial charge in [0.15, 0.2) is 0 Å². The predicted octanol–water partition coefficient (Wildman–Crippen LogP) is 4.11. The fourth-order valence-corrected chi connectivity index (χ4v) is 2.45. The molecule has 5 heteroatoms. The van der Waals surface area contributed by atoms with Crippen molar-refractivity contribution in [2.45, 2.75) is 26.7 Å². The SMILES string of the molecule is CCN(C)/C=N/c1cc(Br)c(OCC2CC=CC2)nc1C. The van der Waals surface area contributed by atoms with Gasteiger partial charge in [0.05, 0.1) is 28.8 Å². The van der Waals surface area contributed by atoms with E-state index >= 15 is 0 Å². The molecule has 1 heterocycles. The van der Waals surface area contributed by atoms with Crippen molar-refractivity contribution in [3.63, 3.8) is 0 Å². The molecule has 114 valence electrons. The lowest BCUT2D eigenvalue weighted by Gasteiger charge is -2.13. The Morgan fingerprint density at radius 2 is 2.19 bits per heavy atom. The minimum absolute atomic E-state index is 0.579. The fraction of sp³-hybridized carbons (Fsp3) is 0.500. The first-order chi connectivity index (χ1) is 10.1. The van der Waals surface area contributed by atoms with E-state index in [1.807, 2.05) is 31.3 Å². The third kappa shape index (κ3) is 4.56. The van der Waals surface area contributed by atoms with Crippen molar-refractivity contribution in [3.05, 3.63) is 28.4 Å². The van der Waals surface area contributed by atoms with E-state index in [9.17, 15) is 0 Å². The number of aryl methyl sites for hydroxylation is 1. The quantitative estimate of drug-likeness (QED) is 0.439. The summed E-state index contributed by atoms with van der Waals surface area (Å²) < 4.78 is 6.70. The molecular formula is C16H22BrN3O. The summed E-state index contributed by atoms with van der Waals surface area (Å²) in [5, 5.41) is 0. The molecule has 2 rings (SSSR count). The molecule has 0 aromatic carbocycles. The van der Waals surface area contributed by atoms with Gasteiger partial charge in [-0.3, -0.25) is 0 Å². The number of allylic oxidation sites excluding steroid dienone is 2. The Hall–Kier alpha value is -1.36. The van der Waals surface area contributed by atoms with E-state index in [2.05, 4.69) is 45.0 Å². The Labute approximate surface area is 135 Å². The van der Waals surface area contributed by atoms with Crippen LogP contribution in [0.5, 0.6) is 5.88 Å². The summed E-state index contributed by atoms with van der Waals surface area (Å²) >= 11 is 3.52. The second kappa shape index (κ2) is 7.59. The van der Waals surface area contributed by atoms with Gasteiger partial charge in [0.25, 0.3) is 0 Å². The van der Waals surface area contributed by atoms with E-state index in [-0.39, 0.29) is 0 Å². The summed E-state index contributed by atoms with van der Waals surface area (Å²) in [7, 11) is 1.99. The van der Waals surface area contributed by atoms with Gasteiger partial charge in [0, 0.05) is 13.6 Å². The van der Waals surface area contributed by atoms with Gasteiger partial charge in [-0.1, -0.05) is 12.2 Å². The van der Waals surface area contributed by atoms with Crippen LogP contribution in [0.15, 0.2) is 27.7 Å². The van der Waals surface area contributed by atoms with Gasteiger partial charge in [-0.25, -0.2) is 9.98 Å². The molecule has 0 amide bonds. The maximum Gasteiger partial charge on any atom is 0.228 e. The van der Waals surface area contributed by atoms with Gasteiger partial charge < -0.3 is 9.64 Å². The molecule has 1 aliphatic rings. The van der Waals surface area contributed by atoms with Crippen LogP contribution in [-0.4, -0.2) is 36.4 Å². The highest BCUT2D eigenvalue weighted by Gasteiger charge is 2.13. The third-order valence-electron chi connectivity index (χ3n) is 3.56. The average molecular weight is 352 g/mol. The molecule has 1 aliphatic carbocycles. The van der Waals surface area contributed by atoms with Crippen LogP contribution in [0, 0.1) is 12.8 Å². The first-order valence-electron chi connectivity index (χ1n) is 7.29. The van der Waals surface area contributed by atoms with E-state index in [1.54, 1.807) is 0 Å². The Balaban J connectivity index is 2.03. The van der Waals surface area contributed by atoms with Crippen LogP contribution in [0.3, 0.4) is 0 Å². The number of halogens is 1. The minimum Gasteiger partial charge on any atom is -0.477 e. The van der Waals surface area contributed by atoms with Crippen LogP contribution in [0.25, 0.3) is 0 Å². The standard InChI is InChI=1S/C16H22BrN3O/c1-4-20(3)11-18-15-9-14(17)16(19-12(15)2)21-10-13-7-5-6-8-13/h5-6,9,11,13H,4,7-8,10H2,1-3H3/b18-11+. The summed E-state index contributed by atoms with van der Waals surface area (Å²) in [6.45, 7) is 5.67. The Morgan fingerprint density at radius 3 is 2.86 bits per heavy atom. The van der Waals surface area contributed by atoms with Crippen molar-refractivity contribution in [2.75, 3.05) is 20.2 Å². The molecule has 0 fully saturated rings. The smallest absolute Gasteiger partial charge is 0.228 e. The molecule has 0 radical (unpaired) electrons. The monoisotopic (exact) mass is 351 g/mol. The minimum atomic E-state index is 0.579. The van der Waals surface area contributed by atoms with E-state index in [1.165, 1.54) is 0 Å². The molecule has 0 bridgehead atoms. The zero-order valence-electron chi connectivity index (χ0n) is 12.8. The summed E-state index contributed by atoms with van der Waals surface area (Å²) in [6.07, 6.45) is 8.44. The molecule has 1 aromatic rings. The van der Waals surface area contributed by atoms with Gasteiger partial charge in [0.1, 0.15) is 0 Å². The second-order valence-electron chi connectivity index (χ2n) is 5.32. The molecule has 0 saturated carbocycles. The number of hydrogen-bond acceptors (Lipinski definition) is 3. The predicted molar refractivity (Wildman–Crippen MR) is 90.5 cm³/mol. The second-order valence-corrected chi connectivity index (χ2v) is 6.17. The zero-order valence-corrected chi connectivity index (χ0v) is 14.4. The maximum atomic E-state index is 5.84. The number of ether oxygens (including phenoxy) is 1. The third-order valence-corrected chi connectivity index (χ3v) is 4.13. The van der Waals surface area contributed by atoms with E-state index < -0.39 is 0 Å². The number of nitrogens with zero attached hydrogens (tertiary/aromatic N) is 3. The van der Waals surface area contributed by atoms with Crippen LogP contribution in [0.2, 0.25) is 0 Å². The highest BCUT2D eigenvalue weighted by Crippen LogP contribution is 2.30. The van der Waals surface area contributed by atoms with Crippen LogP contribution in [-0.2, 0) is 0 Å². The van der Waals surface area contributed by atoms with Crippen LogP contribution in [0.4, 0.5) is 5.69 Å². The summed E-state index contributed by atoms with van der Waals surface area (Å²) in [5.41, 5.74) is 1.73. The molecule has 0 atom stereocenters. The summed E-state index contributed by atoms with van der Waals surface area (Å²) in [5.74, 6) is 1.23. The van der Waals surface area contributed by atoms with E-state index in [0.29, 0.717) is 18.4 Å². The van der Waals surface area contributed by atoms with Gasteiger partial charge in [-0.2, -0.15) is 0 Å². The highest BCUT2D eigenvalue weighted by molar-refractivity contribution is 9.10. The highest BCUT2D eigenvalue weighted by atomic mass is 79.9. The topological polar surface area (TPSA) is 37.7 Å². The van der Waals surface area contributed by atoms with Gasteiger partial charge in [-0.05, 0) is 54.6 Å². The first kappa shape index (κ1) is 16.0. The number of hydrogen-bond donors (Lipinski definition) is 0. The summed E-state index contributed by atoms with van der Waals surface area (Å²) in [6, 6.07) is 1.96. The first-order valence-corrected chi connectivity index (χ1v) is 8.08.